The van der Waals surface area contributed by atoms with Gasteiger partial charge in [0.15, 0.2) is 11.6 Å². The number of hydrogen-bond acceptors (Lipinski definition) is 8. The van der Waals surface area contributed by atoms with Crippen LogP contribution >= 0.6 is 0 Å². The first-order valence-electron chi connectivity index (χ1n) is 12.9. The Bertz CT molecular complexity index is 1250. The Morgan fingerprint density at radius 3 is 2.43 bits per heavy atom. The van der Waals surface area contributed by atoms with E-state index in [1.54, 1.807) is 18.6 Å². The van der Waals surface area contributed by atoms with Crippen molar-refractivity contribution in [3.63, 3.8) is 0 Å². The largest absolute Gasteiger partial charge is 0.382 e. The van der Waals surface area contributed by atoms with Crippen LogP contribution in [0, 0.1) is 0 Å². The van der Waals surface area contributed by atoms with E-state index in [-0.39, 0.29) is 29.6 Å². The molecule has 9 nitrogen and oxygen atoms in total. The normalized spacial score (nSPS) is 16.0. The molecule has 0 spiro atoms. The first-order chi connectivity index (χ1) is 18.1. The number of nitrogens with two attached hydrogens (primary N) is 1. The molecule has 1 amide bonds. The number of anilines is 2. The maximum atomic E-state index is 13.3. The highest BCUT2D eigenvalue weighted by atomic mass is 16.5. The standard InChI is InChI=1S/C28H32N6O3/c29-28-27(25(35)17-22-18-30-9-8-24(22)33-12-14-37-15-13-33)32-23(19-31-28)21-6-4-20(5-7-21)16-26(36)34-10-2-1-3-11-34/h4-9,18-19H,1-3,10-17H2,(H2,29,31). The Morgan fingerprint density at radius 1 is 0.919 bits per heavy atom. The van der Waals surface area contributed by atoms with Crippen LogP contribution in [-0.4, -0.2) is 70.9 Å². The summed E-state index contributed by atoms with van der Waals surface area (Å²) in [6.45, 7) is 4.54. The minimum atomic E-state index is -0.210. The Hall–Kier alpha value is -3.85. The summed E-state index contributed by atoms with van der Waals surface area (Å²) in [7, 11) is 0. The Morgan fingerprint density at radius 2 is 1.68 bits per heavy atom. The van der Waals surface area contributed by atoms with E-state index in [4.69, 9.17) is 10.5 Å². The number of morpholine rings is 1. The number of piperidine rings is 1. The van der Waals surface area contributed by atoms with E-state index in [9.17, 15) is 9.59 Å². The predicted octanol–water partition coefficient (Wildman–Crippen LogP) is 2.94. The van der Waals surface area contributed by atoms with Gasteiger partial charge in [-0.2, -0.15) is 0 Å². The fourth-order valence-electron chi connectivity index (χ4n) is 4.89. The minimum Gasteiger partial charge on any atom is -0.382 e. The zero-order chi connectivity index (χ0) is 25.6. The molecule has 2 aromatic heterocycles. The Labute approximate surface area is 216 Å². The van der Waals surface area contributed by atoms with Gasteiger partial charge in [-0.15, -0.1) is 0 Å². The summed E-state index contributed by atoms with van der Waals surface area (Å²) in [5.74, 6) is 0.0619. The number of ketones is 1. The summed E-state index contributed by atoms with van der Waals surface area (Å²) in [6.07, 6.45) is 8.89. The van der Waals surface area contributed by atoms with Gasteiger partial charge in [-0.05, 0) is 30.9 Å². The van der Waals surface area contributed by atoms with Crippen LogP contribution in [0.4, 0.5) is 11.5 Å². The molecule has 0 bridgehead atoms. The van der Waals surface area contributed by atoms with Crippen molar-refractivity contribution in [1.82, 2.24) is 19.9 Å². The molecule has 2 fully saturated rings. The van der Waals surface area contributed by atoms with E-state index >= 15 is 0 Å². The summed E-state index contributed by atoms with van der Waals surface area (Å²) in [4.78, 5) is 43.1. The quantitative estimate of drug-likeness (QED) is 0.493. The van der Waals surface area contributed by atoms with Gasteiger partial charge < -0.3 is 20.3 Å². The van der Waals surface area contributed by atoms with Crippen LogP contribution in [0.5, 0.6) is 0 Å². The molecule has 0 radical (unpaired) electrons. The molecule has 2 saturated heterocycles. The highest BCUT2D eigenvalue weighted by Gasteiger charge is 2.21. The highest BCUT2D eigenvalue weighted by molar-refractivity contribution is 6.00. The summed E-state index contributed by atoms with van der Waals surface area (Å²) in [5.41, 5.74) is 10.3. The zero-order valence-electron chi connectivity index (χ0n) is 20.9. The summed E-state index contributed by atoms with van der Waals surface area (Å²) in [5, 5.41) is 0. The van der Waals surface area contributed by atoms with Crippen LogP contribution in [-0.2, 0) is 22.4 Å². The van der Waals surface area contributed by atoms with Gasteiger partial charge in [-0.1, -0.05) is 24.3 Å². The third-order valence-corrected chi connectivity index (χ3v) is 6.96. The van der Waals surface area contributed by atoms with Crippen LogP contribution in [0.15, 0.2) is 48.9 Å². The number of aromatic nitrogens is 3. The fourth-order valence-corrected chi connectivity index (χ4v) is 4.89. The lowest BCUT2D eigenvalue weighted by molar-refractivity contribution is -0.131. The second-order valence-corrected chi connectivity index (χ2v) is 9.51. The average molecular weight is 501 g/mol. The number of likely N-dealkylation sites (tertiary alicyclic amines) is 1. The number of Topliss-reactive ketones (excluding diaryl/α,β-unsaturated/α-hetero) is 1. The van der Waals surface area contributed by atoms with E-state index in [0.717, 1.165) is 61.4 Å². The van der Waals surface area contributed by atoms with Crippen molar-refractivity contribution in [2.45, 2.75) is 32.1 Å². The SMILES string of the molecule is Nc1ncc(-c2ccc(CC(=O)N3CCCCC3)cc2)nc1C(=O)Cc1cnccc1N1CCOCC1. The maximum absolute atomic E-state index is 13.3. The molecule has 4 heterocycles. The van der Waals surface area contributed by atoms with Gasteiger partial charge in [0.25, 0.3) is 0 Å². The van der Waals surface area contributed by atoms with Crippen molar-refractivity contribution in [2.75, 3.05) is 50.0 Å². The van der Waals surface area contributed by atoms with E-state index in [1.807, 2.05) is 35.2 Å². The predicted molar refractivity (Wildman–Crippen MR) is 141 cm³/mol. The monoisotopic (exact) mass is 500 g/mol. The number of rotatable bonds is 7. The van der Waals surface area contributed by atoms with E-state index in [2.05, 4.69) is 19.9 Å². The van der Waals surface area contributed by atoms with Gasteiger partial charge in [0, 0.05) is 61.8 Å². The molecule has 0 saturated carbocycles. The highest BCUT2D eigenvalue weighted by Crippen LogP contribution is 2.24. The third-order valence-electron chi connectivity index (χ3n) is 6.96. The van der Waals surface area contributed by atoms with Gasteiger partial charge in [-0.25, -0.2) is 9.97 Å². The lowest BCUT2D eigenvalue weighted by atomic mass is 10.0. The molecule has 9 heteroatoms. The molecule has 3 aromatic rings. The molecule has 37 heavy (non-hydrogen) atoms. The second-order valence-electron chi connectivity index (χ2n) is 9.51. The van der Waals surface area contributed by atoms with Crippen molar-refractivity contribution in [3.05, 3.63) is 65.7 Å². The number of pyridine rings is 1. The summed E-state index contributed by atoms with van der Waals surface area (Å²) in [6, 6.07) is 9.61. The van der Waals surface area contributed by atoms with Crippen molar-refractivity contribution in [1.29, 1.82) is 0 Å². The van der Waals surface area contributed by atoms with E-state index in [1.165, 1.54) is 6.42 Å². The van der Waals surface area contributed by atoms with Crippen LogP contribution in [0.1, 0.15) is 40.9 Å². The van der Waals surface area contributed by atoms with Gasteiger partial charge in [0.1, 0.15) is 5.69 Å². The number of carbonyl (C=O) groups is 2. The van der Waals surface area contributed by atoms with E-state index in [0.29, 0.717) is 25.3 Å². The molecule has 0 atom stereocenters. The van der Waals surface area contributed by atoms with Crippen LogP contribution in [0.2, 0.25) is 0 Å². The molecule has 2 N–H and O–H groups in total. The van der Waals surface area contributed by atoms with Gasteiger partial charge in [0.2, 0.25) is 5.91 Å². The van der Waals surface area contributed by atoms with Crippen LogP contribution in [0.25, 0.3) is 11.3 Å². The summed E-state index contributed by atoms with van der Waals surface area (Å²) >= 11 is 0. The fraction of sp³-hybridized carbons (Fsp3) is 0.393. The second kappa shape index (κ2) is 11.5. The lowest BCUT2D eigenvalue weighted by Gasteiger charge is -2.30. The molecule has 192 valence electrons. The zero-order valence-corrected chi connectivity index (χ0v) is 20.9. The molecule has 0 unspecified atom stereocenters. The lowest BCUT2D eigenvalue weighted by Crippen LogP contribution is -2.37. The number of amides is 1. The molecular weight excluding hydrogens is 468 g/mol. The third kappa shape index (κ3) is 5.94. The number of nitrogens with zero attached hydrogens (tertiary/aromatic N) is 5. The first kappa shape index (κ1) is 24.8. The average Bonchev–Trinajstić information content (AvgIpc) is 2.95. The van der Waals surface area contributed by atoms with Crippen molar-refractivity contribution in [3.8, 4) is 11.3 Å². The molecule has 2 aliphatic rings. The number of ether oxygens (including phenoxy) is 1. The molecule has 0 aliphatic carbocycles. The van der Waals surface area contributed by atoms with Crippen molar-refractivity contribution >= 4 is 23.2 Å². The van der Waals surface area contributed by atoms with Gasteiger partial charge >= 0.3 is 0 Å². The van der Waals surface area contributed by atoms with Crippen LogP contribution in [0.3, 0.4) is 0 Å². The number of hydrogen-bond donors (Lipinski definition) is 1. The number of benzene rings is 1. The van der Waals surface area contributed by atoms with E-state index < -0.39 is 0 Å². The van der Waals surface area contributed by atoms with Crippen molar-refractivity contribution in [2.24, 2.45) is 0 Å². The molecular formula is C28H32N6O3. The Kier molecular flexibility index (Phi) is 7.70. The van der Waals surface area contributed by atoms with Crippen molar-refractivity contribution < 1.29 is 14.3 Å². The van der Waals surface area contributed by atoms with Gasteiger partial charge in [0.05, 0.1) is 31.5 Å². The van der Waals surface area contributed by atoms with Crippen LogP contribution < -0.4 is 10.6 Å². The number of carbonyl (C=O) groups excluding carboxylic acids is 2. The first-order valence-corrected chi connectivity index (χ1v) is 12.9. The maximum Gasteiger partial charge on any atom is 0.226 e. The van der Waals surface area contributed by atoms with Gasteiger partial charge in [-0.3, -0.25) is 14.6 Å². The summed E-state index contributed by atoms with van der Waals surface area (Å²) < 4.78 is 5.46. The molecule has 1 aromatic carbocycles. The minimum absolute atomic E-state index is 0.106. The smallest absolute Gasteiger partial charge is 0.226 e. The molecule has 5 rings (SSSR count). The number of nitrogen functional groups attached to an aromatic ring is 1. The topological polar surface area (TPSA) is 115 Å². The molecule has 2 aliphatic heterocycles. The Balaban J connectivity index is 1.30.